The first-order chi connectivity index (χ1) is 12.7. The lowest BCUT2D eigenvalue weighted by atomic mass is 9.97. The van der Waals surface area contributed by atoms with Gasteiger partial charge < -0.3 is 14.1 Å². The quantitative estimate of drug-likeness (QED) is 0.565. The molecule has 0 atom stereocenters. The van der Waals surface area contributed by atoms with Gasteiger partial charge in [0.2, 0.25) is 11.8 Å². The fourth-order valence-corrected chi connectivity index (χ4v) is 3.57. The number of carbonyl (C=O) groups excluding carboxylic acids is 2. The van der Waals surface area contributed by atoms with Crippen molar-refractivity contribution in [3.63, 3.8) is 0 Å². The maximum Gasteiger partial charge on any atom is 0.308 e. The van der Waals surface area contributed by atoms with Gasteiger partial charge in [-0.2, -0.15) is 0 Å². The van der Waals surface area contributed by atoms with Crippen LogP contribution in [0.1, 0.15) is 24.3 Å². The number of likely N-dealkylation sites (tertiary alicyclic amines) is 1. The smallest absolute Gasteiger partial charge is 0.308 e. The van der Waals surface area contributed by atoms with E-state index in [1.165, 1.54) is 18.9 Å². The van der Waals surface area contributed by atoms with E-state index in [1.54, 1.807) is 4.90 Å². The Bertz CT molecular complexity index is 742. The number of rotatable bonds is 6. The minimum Gasteiger partial charge on any atom is -0.469 e. The third kappa shape index (κ3) is 4.85. The van der Waals surface area contributed by atoms with Gasteiger partial charge in [-0.15, -0.1) is 10.2 Å². The van der Waals surface area contributed by atoms with Gasteiger partial charge in [0.15, 0.2) is 0 Å². The summed E-state index contributed by atoms with van der Waals surface area (Å²) in [6.45, 7) is 1.14. The Hall–Kier alpha value is -2.35. The van der Waals surface area contributed by atoms with Crippen molar-refractivity contribution in [1.29, 1.82) is 0 Å². The van der Waals surface area contributed by atoms with Crippen LogP contribution in [0.2, 0.25) is 0 Å². The molecule has 7 nitrogen and oxygen atoms in total. The van der Waals surface area contributed by atoms with E-state index in [1.807, 2.05) is 30.3 Å². The predicted molar refractivity (Wildman–Crippen MR) is 95.6 cm³/mol. The fourth-order valence-electron chi connectivity index (χ4n) is 2.88. The van der Waals surface area contributed by atoms with Crippen LogP contribution < -0.4 is 0 Å². The second-order valence-corrected chi connectivity index (χ2v) is 7.02. The molecule has 2 aromatic rings. The number of piperidine rings is 1. The number of nitrogens with zero attached hydrogens (tertiary/aromatic N) is 3. The number of benzene rings is 1. The highest BCUT2D eigenvalue weighted by Crippen LogP contribution is 2.22. The van der Waals surface area contributed by atoms with E-state index < -0.39 is 0 Å². The Labute approximate surface area is 156 Å². The standard InChI is InChI=1S/C18H21N3O4S/c1-24-17(23)14-7-9-21(10-8-14)16(22)12-26-18-20-19-15(25-18)11-13-5-3-2-4-6-13/h2-6,14H,7-12H2,1H3. The molecule has 1 aliphatic rings. The lowest BCUT2D eigenvalue weighted by Crippen LogP contribution is -2.41. The van der Waals surface area contributed by atoms with E-state index >= 15 is 0 Å². The highest BCUT2D eigenvalue weighted by atomic mass is 32.2. The average Bonchev–Trinajstić information content (AvgIpc) is 3.13. The van der Waals surface area contributed by atoms with Crippen LogP contribution in [0.5, 0.6) is 0 Å². The molecule has 8 heteroatoms. The van der Waals surface area contributed by atoms with Gasteiger partial charge in [-0.3, -0.25) is 9.59 Å². The van der Waals surface area contributed by atoms with Gasteiger partial charge in [0.1, 0.15) is 0 Å². The molecular weight excluding hydrogens is 354 g/mol. The summed E-state index contributed by atoms with van der Waals surface area (Å²) in [5.74, 6) is 0.498. The van der Waals surface area contributed by atoms with Crippen molar-refractivity contribution in [3.05, 3.63) is 41.8 Å². The van der Waals surface area contributed by atoms with E-state index in [-0.39, 0.29) is 23.5 Å². The Morgan fingerprint density at radius 3 is 2.65 bits per heavy atom. The van der Waals surface area contributed by atoms with Crippen LogP contribution in [0.4, 0.5) is 0 Å². The van der Waals surface area contributed by atoms with Gasteiger partial charge in [-0.1, -0.05) is 42.1 Å². The molecule has 0 aliphatic carbocycles. The summed E-state index contributed by atoms with van der Waals surface area (Å²) in [4.78, 5) is 25.6. The molecule has 1 aromatic heterocycles. The number of hydrogen-bond donors (Lipinski definition) is 0. The monoisotopic (exact) mass is 375 g/mol. The van der Waals surface area contributed by atoms with Crippen molar-refractivity contribution in [2.75, 3.05) is 26.0 Å². The molecule has 0 unspecified atom stereocenters. The molecule has 2 heterocycles. The molecule has 26 heavy (non-hydrogen) atoms. The van der Waals surface area contributed by atoms with Gasteiger partial charge in [0.25, 0.3) is 5.22 Å². The molecule has 138 valence electrons. The zero-order chi connectivity index (χ0) is 18.4. The molecule has 0 saturated carbocycles. The maximum atomic E-state index is 12.3. The average molecular weight is 375 g/mol. The van der Waals surface area contributed by atoms with Crippen molar-refractivity contribution in [3.8, 4) is 0 Å². The van der Waals surface area contributed by atoms with Gasteiger partial charge in [0, 0.05) is 13.1 Å². The molecule has 1 aromatic carbocycles. The van der Waals surface area contributed by atoms with Crippen molar-refractivity contribution >= 4 is 23.6 Å². The fraction of sp³-hybridized carbons (Fsp3) is 0.444. The first-order valence-electron chi connectivity index (χ1n) is 8.50. The Kier molecular flexibility index (Phi) is 6.27. The molecule has 0 N–H and O–H groups in total. The van der Waals surface area contributed by atoms with Gasteiger partial charge in [-0.25, -0.2) is 0 Å². The molecule has 1 aliphatic heterocycles. The van der Waals surface area contributed by atoms with Gasteiger partial charge in [0.05, 0.1) is 25.2 Å². The first-order valence-corrected chi connectivity index (χ1v) is 9.49. The molecule has 1 amide bonds. The minimum atomic E-state index is -0.191. The largest absolute Gasteiger partial charge is 0.469 e. The highest BCUT2D eigenvalue weighted by molar-refractivity contribution is 7.99. The van der Waals surface area contributed by atoms with E-state index in [0.717, 1.165) is 5.56 Å². The molecule has 0 bridgehead atoms. The minimum absolute atomic E-state index is 0.0149. The summed E-state index contributed by atoms with van der Waals surface area (Å²) in [5.41, 5.74) is 1.09. The second kappa shape index (κ2) is 8.84. The molecular formula is C18H21N3O4S. The van der Waals surface area contributed by atoms with Crippen LogP contribution in [0, 0.1) is 5.92 Å². The molecule has 0 spiro atoms. The zero-order valence-corrected chi connectivity index (χ0v) is 15.4. The summed E-state index contributed by atoms with van der Waals surface area (Å²) in [7, 11) is 1.40. The number of methoxy groups -OCH3 is 1. The first kappa shape index (κ1) is 18.4. The van der Waals surface area contributed by atoms with Crippen LogP contribution in [-0.2, 0) is 20.7 Å². The molecule has 1 saturated heterocycles. The van der Waals surface area contributed by atoms with Crippen LogP contribution in [0.15, 0.2) is 40.0 Å². The normalized spacial score (nSPS) is 15.0. The van der Waals surface area contributed by atoms with Crippen LogP contribution in [0.3, 0.4) is 0 Å². The second-order valence-electron chi connectivity index (χ2n) is 6.09. The Morgan fingerprint density at radius 1 is 1.23 bits per heavy atom. The number of amides is 1. The third-order valence-electron chi connectivity index (χ3n) is 4.35. The Morgan fingerprint density at radius 2 is 1.96 bits per heavy atom. The highest BCUT2D eigenvalue weighted by Gasteiger charge is 2.28. The maximum absolute atomic E-state index is 12.3. The predicted octanol–water partition coefficient (Wildman–Crippen LogP) is 2.16. The van der Waals surface area contributed by atoms with Gasteiger partial charge >= 0.3 is 5.97 Å². The van der Waals surface area contributed by atoms with Gasteiger partial charge in [-0.05, 0) is 18.4 Å². The van der Waals surface area contributed by atoms with E-state index in [0.29, 0.717) is 43.5 Å². The van der Waals surface area contributed by atoms with Crippen molar-refractivity contribution in [2.45, 2.75) is 24.5 Å². The van der Waals surface area contributed by atoms with E-state index in [9.17, 15) is 9.59 Å². The zero-order valence-electron chi connectivity index (χ0n) is 14.6. The molecule has 0 radical (unpaired) electrons. The molecule has 1 fully saturated rings. The van der Waals surface area contributed by atoms with Crippen LogP contribution in [0.25, 0.3) is 0 Å². The summed E-state index contributed by atoms with van der Waals surface area (Å²) < 4.78 is 10.4. The van der Waals surface area contributed by atoms with Crippen molar-refractivity contribution in [2.24, 2.45) is 5.92 Å². The number of esters is 1. The van der Waals surface area contributed by atoms with Crippen molar-refractivity contribution < 1.29 is 18.7 Å². The number of hydrogen-bond acceptors (Lipinski definition) is 7. The number of ether oxygens (including phenoxy) is 1. The topological polar surface area (TPSA) is 85.5 Å². The lowest BCUT2D eigenvalue weighted by molar-refractivity contribution is -0.148. The summed E-state index contributed by atoms with van der Waals surface area (Å²) in [5, 5.41) is 8.41. The summed E-state index contributed by atoms with van der Waals surface area (Å²) in [6, 6.07) is 9.88. The lowest BCUT2D eigenvalue weighted by Gasteiger charge is -2.30. The van der Waals surface area contributed by atoms with Crippen LogP contribution in [-0.4, -0.2) is 52.9 Å². The van der Waals surface area contributed by atoms with E-state index in [4.69, 9.17) is 9.15 Å². The van der Waals surface area contributed by atoms with Crippen molar-refractivity contribution in [1.82, 2.24) is 15.1 Å². The van der Waals surface area contributed by atoms with E-state index in [2.05, 4.69) is 10.2 Å². The third-order valence-corrected chi connectivity index (χ3v) is 5.15. The SMILES string of the molecule is COC(=O)C1CCN(C(=O)CSc2nnc(Cc3ccccc3)o2)CC1. The summed E-state index contributed by atoms with van der Waals surface area (Å²) >= 11 is 1.24. The van der Waals surface area contributed by atoms with Crippen LogP contribution >= 0.6 is 11.8 Å². The number of thioether (sulfide) groups is 1. The number of carbonyl (C=O) groups is 2. The Balaban J connectivity index is 1.44. The molecule has 3 rings (SSSR count). The summed E-state index contributed by atoms with van der Waals surface area (Å²) in [6.07, 6.45) is 1.86. The number of aromatic nitrogens is 2.